The highest BCUT2D eigenvalue weighted by molar-refractivity contribution is 8.00. The Bertz CT molecular complexity index is 2250. The summed E-state index contributed by atoms with van der Waals surface area (Å²) in [7, 11) is 1.23. The third-order valence-corrected chi connectivity index (χ3v) is 12.0. The SMILES string of the molecule is CO/N=C(\C(=O)N[C@@H]1C(=O)N2C(C(=O)[O-])=C(C[n+]3ccc4ccn(Cc5c(F)cc(C(N)=NC6CCCNC6)cc5Cl)c4c3)CS[C@H]12)c1nc(N)sc1Cl. The van der Waals surface area contributed by atoms with Crippen molar-refractivity contribution in [2.45, 2.75) is 43.4 Å². The largest absolute Gasteiger partial charge is 0.543 e. The van der Waals surface area contributed by atoms with E-state index in [1.807, 2.05) is 29.1 Å². The Morgan fingerprint density at radius 3 is 2.80 bits per heavy atom. The molecule has 3 atom stereocenters. The van der Waals surface area contributed by atoms with Gasteiger partial charge in [0.05, 0.1) is 24.3 Å². The van der Waals surface area contributed by atoms with E-state index in [9.17, 15) is 19.5 Å². The van der Waals surface area contributed by atoms with Crippen LogP contribution in [-0.4, -0.2) is 87.2 Å². The number of benzene rings is 1. The summed E-state index contributed by atoms with van der Waals surface area (Å²) in [5.74, 6) is -3.04. The fourth-order valence-corrected chi connectivity index (χ4v) is 9.19. The highest BCUT2D eigenvalue weighted by Gasteiger charge is 2.53. The number of carboxylic acid groups (broad SMARTS) is 1. The van der Waals surface area contributed by atoms with Crippen LogP contribution >= 0.6 is 46.3 Å². The number of amidine groups is 1. The zero-order chi connectivity index (χ0) is 38.3. The van der Waals surface area contributed by atoms with Gasteiger partial charge in [0.2, 0.25) is 0 Å². The molecule has 54 heavy (non-hydrogen) atoms. The molecular weight excluding hydrogens is 782 g/mol. The molecule has 282 valence electrons. The number of carbonyl (C=O) groups excluding carboxylic acids is 3. The van der Waals surface area contributed by atoms with Gasteiger partial charge in [-0.3, -0.25) is 19.5 Å². The van der Waals surface area contributed by atoms with Crippen LogP contribution in [0.25, 0.3) is 10.9 Å². The van der Waals surface area contributed by atoms with E-state index >= 15 is 4.39 Å². The van der Waals surface area contributed by atoms with Crippen LogP contribution in [0.5, 0.6) is 0 Å². The second kappa shape index (κ2) is 15.5. The number of pyridine rings is 1. The summed E-state index contributed by atoms with van der Waals surface area (Å²) >= 11 is 15.0. The third kappa shape index (κ3) is 7.35. The molecule has 4 aromatic rings. The number of halogens is 3. The van der Waals surface area contributed by atoms with Gasteiger partial charge in [0.1, 0.15) is 45.7 Å². The van der Waals surface area contributed by atoms with Crippen LogP contribution in [0.3, 0.4) is 0 Å². The molecule has 0 bridgehead atoms. The van der Waals surface area contributed by atoms with E-state index in [2.05, 4.69) is 25.8 Å². The highest BCUT2D eigenvalue weighted by Crippen LogP contribution is 2.40. The zero-order valence-corrected chi connectivity index (χ0v) is 31.7. The van der Waals surface area contributed by atoms with Gasteiger partial charge in [0.25, 0.3) is 11.8 Å². The van der Waals surface area contributed by atoms with Gasteiger partial charge in [-0.25, -0.2) is 9.37 Å². The van der Waals surface area contributed by atoms with E-state index in [0.717, 1.165) is 46.5 Å². The number of oxime groups is 1. The number of β-lactam (4-membered cyclic amide) rings is 1. The number of carbonyl (C=O) groups is 3. The van der Waals surface area contributed by atoms with Crippen LogP contribution in [-0.2, 0) is 32.3 Å². The molecule has 0 aliphatic carbocycles. The number of fused-ring (bicyclic) bond motifs is 2. The predicted octanol–water partition coefficient (Wildman–Crippen LogP) is 1.37. The Labute approximate surface area is 325 Å². The average Bonchev–Trinajstić information content (AvgIpc) is 3.71. The molecule has 3 aliphatic rings. The van der Waals surface area contributed by atoms with Gasteiger partial charge in [0, 0.05) is 51.7 Å². The summed E-state index contributed by atoms with van der Waals surface area (Å²) in [6.45, 7) is 1.87. The number of thioether (sulfide) groups is 1. The van der Waals surface area contributed by atoms with Crippen molar-refractivity contribution in [2.24, 2.45) is 15.9 Å². The number of nitrogens with zero attached hydrogens (tertiary/aromatic N) is 6. The van der Waals surface area contributed by atoms with Gasteiger partial charge in [0.15, 0.2) is 29.8 Å². The number of aliphatic carboxylic acids is 1. The first-order chi connectivity index (χ1) is 25.9. The van der Waals surface area contributed by atoms with Crippen LogP contribution in [0, 0.1) is 5.82 Å². The number of piperidine rings is 1. The van der Waals surface area contributed by atoms with Crippen molar-refractivity contribution in [3.05, 3.63) is 86.1 Å². The standard InChI is InChI=1S/C34H33Cl2FN10O5S2/c1-52-44-25(24-28(36)54-34(39)43-24)30(48)42-26-31(49)47-27(33(50)51)18(15-53-32(26)47)12-45-7-4-16-5-8-46(23(16)14-45)13-20-21(35)9-17(10-22(20)37)29(38)41-19-3-2-6-40-11-19/h4-5,7-10,14,19,26,32,40H,2-3,6,11-13,15H2,1H3,(H5-,38,39,41,42,43,48,50,51)/b44-25-/t19?,26-,32-/m1/s1. The first kappa shape index (κ1) is 37.6. The number of carboxylic acids is 1. The van der Waals surface area contributed by atoms with Gasteiger partial charge in [-0.2, -0.15) is 4.57 Å². The maximum absolute atomic E-state index is 15.5. The fraction of sp³-hybridized carbons (Fsp3) is 0.324. The zero-order valence-electron chi connectivity index (χ0n) is 28.6. The number of thiazole rings is 1. The number of nitrogen functional groups attached to an aromatic ring is 1. The van der Waals surface area contributed by atoms with E-state index in [1.165, 1.54) is 24.9 Å². The van der Waals surface area contributed by atoms with Gasteiger partial charge in [-0.15, -0.1) is 11.8 Å². The van der Waals surface area contributed by atoms with Crippen molar-refractivity contribution in [3.8, 4) is 0 Å². The molecule has 2 amide bonds. The summed E-state index contributed by atoms with van der Waals surface area (Å²) in [5, 5.41) is 22.5. The lowest BCUT2D eigenvalue weighted by atomic mass is 10.0. The van der Waals surface area contributed by atoms with Crippen LogP contribution in [0.2, 0.25) is 9.36 Å². The molecule has 0 spiro atoms. The number of nitrogens with one attached hydrogen (secondary N) is 2. The summed E-state index contributed by atoms with van der Waals surface area (Å²) in [6.07, 6.45) is 7.29. The highest BCUT2D eigenvalue weighted by atomic mass is 35.5. The summed E-state index contributed by atoms with van der Waals surface area (Å²) in [6, 6.07) is 5.65. The van der Waals surface area contributed by atoms with Crippen LogP contribution < -0.4 is 31.8 Å². The minimum Gasteiger partial charge on any atom is -0.543 e. The number of aromatic nitrogens is 3. The molecule has 15 nitrogen and oxygen atoms in total. The van der Waals surface area contributed by atoms with Crippen molar-refractivity contribution in [3.63, 3.8) is 0 Å². The van der Waals surface area contributed by atoms with Crippen molar-refractivity contribution < 1.29 is 33.3 Å². The number of hydrogen-bond donors (Lipinski definition) is 4. The Morgan fingerprint density at radius 2 is 2.11 bits per heavy atom. The topological polar surface area (TPSA) is 209 Å². The Kier molecular flexibility index (Phi) is 10.8. The molecule has 0 radical (unpaired) electrons. The molecule has 6 N–H and O–H groups in total. The van der Waals surface area contributed by atoms with Crippen molar-refractivity contribution in [1.82, 2.24) is 25.1 Å². The molecule has 2 saturated heterocycles. The van der Waals surface area contributed by atoms with Crippen molar-refractivity contribution in [2.75, 3.05) is 31.7 Å². The lowest BCUT2D eigenvalue weighted by molar-refractivity contribution is -0.687. The molecule has 6 heterocycles. The molecule has 7 rings (SSSR count). The maximum atomic E-state index is 15.5. The molecule has 1 unspecified atom stereocenters. The smallest absolute Gasteiger partial charge is 0.276 e. The van der Waals surface area contributed by atoms with E-state index in [1.54, 1.807) is 16.8 Å². The molecule has 20 heteroatoms. The lowest BCUT2D eigenvalue weighted by Crippen LogP contribution is -2.71. The number of aliphatic imine (C=N–C) groups is 1. The molecule has 3 aromatic heterocycles. The monoisotopic (exact) mass is 814 g/mol. The lowest BCUT2D eigenvalue weighted by Gasteiger charge is -2.50. The van der Waals surface area contributed by atoms with E-state index in [0.29, 0.717) is 17.7 Å². The quantitative estimate of drug-likeness (QED) is 0.0562. The molecule has 2 fully saturated rings. The fourth-order valence-electron chi connectivity index (χ4n) is 6.66. The minimum atomic E-state index is -1.53. The maximum Gasteiger partial charge on any atom is 0.276 e. The summed E-state index contributed by atoms with van der Waals surface area (Å²) in [5.41, 5.74) is 13.2. The Hall–Kier alpha value is -4.75. The first-order valence-electron chi connectivity index (χ1n) is 16.7. The first-order valence-corrected chi connectivity index (χ1v) is 19.3. The van der Waals surface area contributed by atoms with Crippen molar-refractivity contribution in [1.29, 1.82) is 0 Å². The number of anilines is 1. The number of amides is 2. The average molecular weight is 816 g/mol. The van der Waals surface area contributed by atoms with E-state index in [4.69, 9.17) is 39.5 Å². The second-order valence-electron chi connectivity index (χ2n) is 12.7. The minimum absolute atomic E-state index is 0.0133. The number of hydrogen-bond acceptors (Lipinski definition) is 12. The second-order valence-corrected chi connectivity index (χ2v) is 15.9. The van der Waals surface area contributed by atoms with Gasteiger partial charge >= 0.3 is 0 Å². The van der Waals surface area contributed by atoms with E-state index in [-0.39, 0.29) is 67.9 Å². The number of rotatable bonds is 11. The van der Waals surface area contributed by atoms with Crippen LogP contribution in [0.4, 0.5) is 9.52 Å². The predicted molar refractivity (Wildman–Crippen MR) is 201 cm³/mol. The van der Waals surface area contributed by atoms with Gasteiger partial charge < -0.3 is 41.4 Å². The van der Waals surface area contributed by atoms with Gasteiger partial charge in [-0.05, 0) is 37.6 Å². The van der Waals surface area contributed by atoms with E-state index < -0.39 is 35.0 Å². The van der Waals surface area contributed by atoms with Crippen molar-refractivity contribution >= 4 is 91.7 Å². The third-order valence-electron chi connectivity index (χ3n) is 9.26. The van der Waals surface area contributed by atoms with Crippen LogP contribution in [0.1, 0.15) is 29.7 Å². The summed E-state index contributed by atoms with van der Waals surface area (Å²) in [4.78, 5) is 53.5. The molecule has 0 saturated carbocycles. The number of nitrogens with two attached hydrogens (primary N) is 2. The molecular formula is C34H33Cl2FN10O5S2. The molecule has 1 aromatic carbocycles. The normalized spacial score (nSPS) is 20.6. The Morgan fingerprint density at radius 1 is 1.30 bits per heavy atom. The Balaban J connectivity index is 1.08. The van der Waals surface area contributed by atoms with Gasteiger partial charge in [-0.1, -0.05) is 39.7 Å². The summed E-state index contributed by atoms with van der Waals surface area (Å²) < 4.78 is 19.3. The van der Waals surface area contributed by atoms with Crippen LogP contribution in [0.15, 0.2) is 64.3 Å². The molecule has 3 aliphatic heterocycles.